The van der Waals surface area contributed by atoms with Crippen molar-refractivity contribution in [1.82, 2.24) is 10.2 Å². The van der Waals surface area contributed by atoms with E-state index in [-0.39, 0.29) is 30.8 Å². The van der Waals surface area contributed by atoms with Crippen molar-refractivity contribution in [2.45, 2.75) is 59.5 Å². The zero-order valence-corrected chi connectivity index (χ0v) is 20.0. The Kier molecular flexibility index (Phi) is 9.97. The first kappa shape index (κ1) is 25.7. The van der Waals surface area contributed by atoms with E-state index >= 15 is 0 Å². The molecular weight excluding hydrogens is 431 g/mol. The fourth-order valence-electron chi connectivity index (χ4n) is 3.43. The minimum atomic E-state index is -0.651. The third-order valence-electron chi connectivity index (χ3n) is 5.25. The third-order valence-corrected chi connectivity index (χ3v) is 5.85. The number of hydrogen-bond donors (Lipinski definition) is 1. The molecule has 32 heavy (non-hydrogen) atoms. The summed E-state index contributed by atoms with van der Waals surface area (Å²) in [6, 6.07) is 8.82. The lowest BCUT2D eigenvalue weighted by Crippen LogP contribution is -2.50. The van der Waals surface area contributed by atoms with Gasteiger partial charge >= 0.3 is 0 Å². The Morgan fingerprint density at radius 1 is 1.12 bits per heavy atom. The normalized spacial score (nSPS) is 11.7. The molecular formula is C25H32ClFN2O3. The minimum Gasteiger partial charge on any atom is -0.484 e. The summed E-state index contributed by atoms with van der Waals surface area (Å²) in [7, 11) is 0. The summed E-state index contributed by atoms with van der Waals surface area (Å²) in [6.07, 6.45) is 2.28. The second kappa shape index (κ2) is 12.4. The number of hydrogen-bond acceptors (Lipinski definition) is 3. The molecule has 0 fully saturated rings. The summed E-state index contributed by atoms with van der Waals surface area (Å²) in [4.78, 5) is 27.5. The SMILES string of the molecule is CCCCNC(=O)C(CC)N(Cc1ccc(F)cc1)C(=O)COc1cc(C)c(Cl)c(C)c1. The van der Waals surface area contributed by atoms with Gasteiger partial charge in [0, 0.05) is 18.1 Å². The van der Waals surface area contributed by atoms with Crippen LogP contribution < -0.4 is 10.1 Å². The number of carbonyl (C=O) groups is 2. The Labute approximate surface area is 194 Å². The van der Waals surface area contributed by atoms with Crippen molar-refractivity contribution in [3.05, 3.63) is 63.9 Å². The van der Waals surface area contributed by atoms with Crippen LogP contribution >= 0.6 is 11.6 Å². The molecule has 0 bridgehead atoms. The van der Waals surface area contributed by atoms with E-state index in [1.165, 1.54) is 17.0 Å². The van der Waals surface area contributed by atoms with E-state index in [2.05, 4.69) is 5.32 Å². The van der Waals surface area contributed by atoms with Gasteiger partial charge < -0.3 is 15.0 Å². The summed E-state index contributed by atoms with van der Waals surface area (Å²) < 4.78 is 19.1. The van der Waals surface area contributed by atoms with Crippen LogP contribution in [0.15, 0.2) is 36.4 Å². The average Bonchev–Trinajstić information content (AvgIpc) is 2.77. The number of amides is 2. The third kappa shape index (κ3) is 7.23. The van der Waals surface area contributed by atoms with Gasteiger partial charge in [0.05, 0.1) is 0 Å². The summed E-state index contributed by atoms with van der Waals surface area (Å²) in [5, 5.41) is 3.57. The van der Waals surface area contributed by atoms with Crippen LogP contribution in [0.3, 0.4) is 0 Å². The molecule has 1 unspecified atom stereocenters. The number of ether oxygens (including phenoxy) is 1. The molecule has 0 aliphatic heterocycles. The number of nitrogens with one attached hydrogen (secondary N) is 1. The maximum absolute atomic E-state index is 13.3. The van der Waals surface area contributed by atoms with Crippen LogP contribution in [-0.4, -0.2) is 35.9 Å². The minimum absolute atomic E-state index is 0.181. The van der Waals surface area contributed by atoms with E-state index < -0.39 is 6.04 Å². The van der Waals surface area contributed by atoms with Crippen molar-refractivity contribution >= 4 is 23.4 Å². The summed E-state index contributed by atoms with van der Waals surface area (Å²) in [5.74, 6) is -0.334. The van der Waals surface area contributed by atoms with Gasteiger partial charge in [-0.2, -0.15) is 0 Å². The van der Waals surface area contributed by atoms with Crippen molar-refractivity contribution < 1.29 is 18.7 Å². The first-order valence-electron chi connectivity index (χ1n) is 11.0. The lowest BCUT2D eigenvalue weighted by molar-refractivity contribution is -0.143. The van der Waals surface area contributed by atoms with Crippen LogP contribution in [0, 0.1) is 19.7 Å². The van der Waals surface area contributed by atoms with Crippen molar-refractivity contribution in [2.24, 2.45) is 0 Å². The molecule has 1 atom stereocenters. The highest BCUT2D eigenvalue weighted by molar-refractivity contribution is 6.32. The van der Waals surface area contributed by atoms with Gasteiger partial charge in [-0.25, -0.2) is 4.39 Å². The fourth-order valence-corrected chi connectivity index (χ4v) is 3.54. The van der Waals surface area contributed by atoms with Gasteiger partial charge in [0.25, 0.3) is 5.91 Å². The van der Waals surface area contributed by atoms with Crippen LogP contribution in [0.1, 0.15) is 49.8 Å². The van der Waals surface area contributed by atoms with E-state index in [9.17, 15) is 14.0 Å². The van der Waals surface area contributed by atoms with E-state index in [1.807, 2.05) is 27.7 Å². The topological polar surface area (TPSA) is 58.6 Å². The molecule has 0 heterocycles. The van der Waals surface area contributed by atoms with Gasteiger partial charge in [-0.1, -0.05) is 44.0 Å². The van der Waals surface area contributed by atoms with Gasteiger partial charge in [0.1, 0.15) is 17.6 Å². The standard InChI is InChI=1S/C25H32ClFN2O3/c1-5-7-12-28-25(31)22(6-2)29(15-19-8-10-20(27)11-9-19)23(30)16-32-21-13-17(3)24(26)18(4)14-21/h8-11,13-14,22H,5-7,12,15-16H2,1-4H3,(H,28,31). The molecule has 5 nitrogen and oxygen atoms in total. The molecule has 174 valence electrons. The zero-order valence-electron chi connectivity index (χ0n) is 19.2. The van der Waals surface area contributed by atoms with E-state index in [0.717, 1.165) is 29.5 Å². The Morgan fingerprint density at radius 2 is 1.75 bits per heavy atom. The molecule has 0 saturated heterocycles. The molecule has 2 rings (SSSR count). The average molecular weight is 463 g/mol. The van der Waals surface area contributed by atoms with Gasteiger partial charge in [-0.3, -0.25) is 9.59 Å². The Balaban J connectivity index is 2.20. The second-order valence-electron chi connectivity index (χ2n) is 7.88. The number of rotatable bonds is 11. The van der Waals surface area contributed by atoms with Crippen molar-refractivity contribution in [3.8, 4) is 5.75 Å². The van der Waals surface area contributed by atoms with Crippen molar-refractivity contribution in [2.75, 3.05) is 13.2 Å². The second-order valence-corrected chi connectivity index (χ2v) is 8.25. The van der Waals surface area contributed by atoms with Crippen LogP contribution in [0.25, 0.3) is 0 Å². The fraction of sp³-hybridized carbons (Fsp3) is 0.440. The van der Waals surface area contributed by atoms with Crippen LogP contribution in [0.5, 0.6) is 5.75 Å². The number of halogens is 2. The van der Waals surface area contributed by atoms with E-state index in [1.54, 1.807) is 24.3 Å². The predicted octanol–water partition coefficient (Wildman–Crippen LogP) is 5.20. The number of unbranched alkanes of at least 4 members (excludes halogenated alkanes) is 1. The lowest BCUT2D eigenvalue weighted by Gasteiger charge is -2.30. The molecule has 2 aromatic carbocycles. The Hall–Kier alpha value is -2.60. The smallest absolute Gasteiger partial charge is 0.261 e. The van der Waals surface area contributed by atoms with Crippen LogP contribution in [0.2, 0.25) is 5.02 Å². The maximum atomic E-state index is 13.3. The molecule has 7 heteroatoms. The van der Waals surface area contributed by atoms with E-state index in [4.69, 9.17) is 16.3 Å². The quantitative estimate of drug-likeness (QED) is 0.467. The number of nitrogens with zero attached hydrogens (tertiary/aromatic N) is 1. The monoisotopic (exact) mass is 462 g/mol. The highest BCUT2D eigenvalue weighted by Gasteiger charge is 2.28. The number of carbonyl (C=O) groups excluding carboxylic acids is 2. The molecule has 0 aromatic heterocycles. The van der Waals surface area contributed by atoms with Crippen LogP contribution in [-0.2, 0) is 16.1 Å². The molecule has 0 radical (unpaired) electrons. The molecule has 0 aliphatic rings. The van der Waals surface area contributed by atoms with Crippen molar-refractivity contribution in [1.29, 1.82) is 0 Å². The van der Waals surface area contributed by atoms with Crippen LogP contribution in [0.4, 0.5) is 4.39 Å². The molecule has 1 N–H and O–H groups in total. The van der Waals surface area contributed by atoms with Gasteiger partial charge in [-0.05, 0) is 67.6 Å². The highest BCUT2D eigenvalue weighted by atomic mass is 35.5. The molecule has 0 aliphatic carbocycles. The lowest BCUT2D eigenvalue weighted by atomic mass is 10.1. The zero-order chi connectivity index (χ0) is 23.7. The predicted molar refractivity (Wildman–Crippen MR) is 125 cm³/mol. The van der Waals surface area contributed by atoms with E-state index in [0.29, 0.717) is 23.7 Å². The first-order chi connectivity index (χ1) is 15.3. The number of aryl methyl sites for hydroxylation is 2. The molecule has 0 saturated carbocycles. The first-order valence-corrected chi connectivity index (χ1v) is 11.4. The summed E-state index contributed by atoms with van der Waals surface area (Å²) in [6.45, 7) is 8.18. The van der Waals surface area contributed by atoms with Gasteiger partial charge in [0.15, 0.2) is 6.61 Å². The summed E-state index contributed by atoms with van der Waals surface area (Å²) in [5.41, 5.74) is 2.45. The van der Waals surface area contributed by atoms with Gasteiger partial charge in [-0.15, -0.1) is 0 Å². The summed E-state index contributed by atoms with van der Waals surface area (Å²) >= 11 is 6.21. The highest BCUT2D eigenvalue weighted by Crippen LogP contribution is 2.26. The molecule has 2 aromatic rings. The van der Waals surface area contributed by atoms with Crippen molar-refractivity contribution in [3.63, 3.8) is 0 Å². The largest absolute Gasteiger partial charge is 0.484 e. The Morgan fingerprint density at radius 3 is 2.31 bits per heavy atom. The molecule has 2 amide bonds. The molecule has 0 spiro atoms. The Bertz CT molecular complexity index is 895. The number of benzene rings is 2. The maximum Gasteiger partial charge on any atom is 0.261 e. The van der Waals surface area contributed by atoms with Gasteiger partial charge in [0.2, 0.25) is 5.91 Å².